The number of rotatable bonds is 12. The molecule has 0 spiro atoms. The van der Waals surface area contributed by atoms with E-state index in [0.717, 1.165) is 82.3 Å². The van der Waals surface area contributed by atoms with E-state index in [1.807, 2.05) is 0 Å². The second-order valence-electron chi connectivity index (χ2n) is 8.22. The molecular weight excluding hydrogens is 376 g/mol. The van der Waals surface area contributed by atoms with Crippen LogP contribution in [-0.4, -0.2) is 61.4 Å². The van der Waals surface area contributed by atoms with Crippen LogP contribution in [0.3, 0.4) is 0 Å². The number of unbranched alkanes of at least 4 members (excludes halogenated alkanes) is 2. The number of guanidine groups is 1. The number of aryl methyl sites for hydroxylation is 1. The van der Waals surface area contributed by atoms with Gasteiger partial charge in [0.1, 0.15) is 5.75 Å². The maximum absolute atomic E-state index is 9.62. The Morgan fingerprint density at radius 3 is 2.70 bits per heavy atom. The zero-order chi connectivity index (χ0) is 21.6. The summed E-state index contributed by atoms with van der Waals surface area (Å²) in [4.78, 5) is 7.22. The second kappa shape index (κ2) is 14.3. The molecule has 0 unspecified atom stereocenters. The van der Waals surface area contributed by atoms with E-state index in [4.69, 9.17) is 9.73 Å². The number of aliphatic hydroxyl groups excluding tert-OH is 1. The van der Waals surface area contributed by atoms with Gasteiger partial charge in [0.05, 0.1) is 19.3 Å². The highest BCUT2D eigenvalue weighted by atomic mass is 16.5. The molecule has 1 saturated heterocycles. The first-order chi connectivity index (χ1) is 14.6. The molecule has 1 aliphatic heterocycles. The van der Waals surface area contributed by atoms with E-state index in [1.165, 1.54) is 18.4 Å². The minimum absolute atomic E-state index is 0.103. The first-order valence-corrected chi connectivity index (χ1v) is 11.8. The highest BCUT2D eigenvalue weighted by molar-refractivity contribution is 5.79. The normalized spacial score (nSPS) is 15.9. The van der Waals surface area contributed by atoms with E-state index >= 15 is 0 Å². The monoisotopic (exact) mass is 418 g/mol. The van der Waals surface area contributed by atoms with Gasteiger partial charge in [-0.2, -0.15) is 0 Å². The Hall–Kier alpha value is -1.79. The van der Waals surface area contributed by atoms with Crippen molar-refractivity contribution < 1.29 is 9.84 Å². The first-order valence-electron chi connectivity index (χ1n) is 11.8. The minimum atomic E-state index is -0.103. The molecule has 0 bridgehead atoms. The summed E-state index contributed by atoms with van der Waals surface area (Å²) in [5.41, 5.74) is 2.34. The zero-order valence-electron chi connectivity index (χ0n) is 19.3. The van der Waals surface area contributed by atoms with Crippen molar-refractivity contribution in [3.63, 3.8) is 0 Å². The van der Waals surface area contributed by atoms with Crippen LogP contribution in [0, 0.1) is 6.92 Å². The van der Waals surface area contributed by atoms with Crippen LogP contribution >= 0.6 is 0 Å². The number of aliphatic hydroxyl groups is 1. The lowest BCUT2D eigenvalue weighted by Gasteiger charge is -2.29. The van der Waals surface area contributed by atoms with Gasteiger partial charge in [0, 0.05) is 31.7 Å². The predicted octanol–water partition coefficient (Wildman–Crippen LogP) is 3.47. The number of likely N-dealkylation sites (tertiary alicyclic amines) is 1. The number of nitrogens with one attached hydrogen (secondary N) is 2. The molecule has 6 nitrogen and oxygen atoms in total. The van der Waals surface area contributed by atoms with Crippen molar-refractivity contribution in [2.45, 2.75) is 71.9 Å². The van der Waals surface area contributed by atoms with Gasteiger partial charge < -0.3 is 25.4 Å². The predicted molar refractivity (Wildman–Crippen MR) is 125 cm³/mol. The highest BCUT2D eigenvalue weighted by Crippen LogP contribution is 2.21. The van der Waals surface area contributed by atoms with E-state index in [-0.39, 0.29) is 6.10 Å². The average molecular weight is 419 g/mol. The molecule has 0 atom stereocenters. The van der Waals surface area contributed by atoms with Crippen LogP contribution in [0.5, 0.6) is 5.75 Å². The number of hydrogen-bond donors (Lipinski definition) is 3. The Balaban J connectivity index is 1.82. The zero-order valence-corrected chi connectivity index (χ0v) is 19.3. The highest BCUT2D eigenvalue weighted by Gasteiger charge is 2.16. The summed E-state index contributed by atoms with van der Waals surface area (Å²) in [5.74, 6) is 1.81. The molecule has 30 heavy (non-hydrogen) atoms. The molecule has 170 valence electrons. The number of hydrogen-bond acceptors (Lipinski definition) is 4. The molecule has 0 aliphatic carbocycles. The minimum Gasteiger partial charge on any atom is -0.493 e. The van der Waals surface area contributed by atoms with Crippen molar-refractivity contribution in [2.24, 2.45) is 4.99 Å². The largest absolute Gasteiger partial charge is 0.493 e. The smallest absolute Gasteiger partial charge is 0.191 e. The molecule has 2 rings (SSSR count). The Morgan fingerprint density at radius 2 is 1.97 bits per heavy atom. The Morgan fingerprint density at radius 1 is 1.17 bits per heavy atom. The fourth-order valence-electron chi connectivity index (χ4n) is 3.62. The molecule has 0 aromatic heterocycles. The van der Waals surface area contributed by atoms with Gasteiger partial charge in [-0.25, -0.2) is 4.99 Å². The standard InChI is InChI=1S/C24H42N4O2/c1-4-6-7-17-30-23-18-20(3)9-10-21(23)19-27-24(25-5-2)26-13-8-14-28-15-11-22(29)12-16-28/h9-10,18,22,29H,4-8,11-17,19H2,1-3H3,(H2,25,26,27). The summed E-state index contributed by atoms with van der Waals surface area (Å²) < 4.78 is 6.05. The van der Waals surface area contributed by atoms with Gasteiger partial charge in [0.25, 0.3) is 0 Å². The van der Waals surface area contributed by atoms with E-state index in [9.17, 15) is 5.11 Å². The van der Waals surface area contributed by atoms with Gasteiger partial charge in [-0.05, 0) is 57.7 Å². The average Bonchev–Trinajstić information content (AvgIpc) is 2.74. The Bertz CT molecular complexity index is 628. The molecule has 3 N–H and O–H groups in total. The van der Waals surface area contributed by atoms with E-state index in [0.29, 0.717) is 6.54 Å². The Kier molecular flexibility index (Phi) is 11.6. The van der Waals surface area contributed by atoms with E-state index in [2.05, 4.69) is 54.5 Å². The van der Waals surface area contributed by atoms with Crippen molar-refractivity contribution in [1.82, 2.24) is 15.5 Å². The topological polar surface area (TPSA) is 69.1 Å². The molecule has 6 heteroatoms. The van der Waals surface area contributed by atoms with Crippen molar-refractivity contribution in [1.29, 1.82) is 0 Å². The lowest BCUT2D eigenvalue weighted by atomic mass is 10.1. The number of aliphatic imine (C=N–C) groups is 1. The van der Waals surface area contributed by atoms with Crippen LogP contribution in [0.15, 0.2) is 23.2 Å². The van der Waals surface area contributed by atoms with Crippen molar-refractivity contribution in [2.75, 3.05) is 39.3 Å². The molecule has 1 aromatic carbocycles. The summed E-state index contributed by atoms with van der Waals surface area (Å²) >= 11 is 0. The number of ether oxygens (including phenoxy) is 1. The van der Waals surface area contributed by atoms with Crippen LogP contribution in [0.4, 0.5) is 0 Å². The molecule has 0 saturated carbocycles. The van der Waals surface area contributed by atoms with Crippen LogP contribution < -0.4 is 15.4 Å². The van der Waals surface area contributed by atoms with Crippen LogP contribution in [-0.2, 0) is 6.54 Å². The van der Waals surface area contributed by atoms with Gasteiger partial charge in [-0.3, -0.25) is 0 Å². The fourth-order valence-corrected chi connectivity index (χ4v) is 3.62. The van der Waals surface area contributed by atoms with Crippen LogP contribution in [0.1, 0.15) is 63.5 Å². The summed E-state index contributed by atoms with van der Waals surface area (Å²) in [5, 5.41) is 16.4. The van der Waals surface area contributed by atoms with Gasteiger partial charge in [0.2, 0.25) is 0 Å². The molecule has 1 aliphatic rings. The molecule has 1 aromatic rings. The number of benzene rings is 1. The summed E-state index contributed by atoms with van der Waals surface area (Å²) in [6.45, 7) is 12.6. The van der Waals surface area contributed by atoms with Crippen LogP contribution in [0.25, 0.3) is 0 Å². The third-order valence-electron chi connectivity index (χ3n) is 5.48. The lowest BCUT2D eigenvalue weighted by molar-refractivity contribution is 0.0823. The fraction of sp³-hybridized carbons (Fsp3) is 0.708. The van der Waals surface area contributed by atoms with Gasteiger partial charge in [-0.15, -0.1) is 0 Å². The molecule has 0 radical (unpaired) electrons. The van der Waals surface area contributed by atoms with Gasteiger partial charge in [-0.1, -0.05) is 31.9 Å². The van der Waals surface area contributed by atoms with Crippen molar-refractivity contribution >= 4 is 5.96 Å². The Labute approximate surface area is 183 Å². The molecule has 0 amide bonds. The molecule has 1 heterocycles. The maximum atomic E-state index is 9.62. The lowest BCUT2D eigenvalue weighted by Crippen LogP contribution is -2.40. The van der Waals surface area contributed by atoms with E-state index in [1.54, 1.807) is 0 Å². The number of nitrogens with zero attached hydrogens (tertiary/aromatic N) is 2. The quantitative estimate of drug-likeness (QED) is 0.275. The maximum Gasteiger partial charge on any atom is 0.191 e. The third-order valence-corrected chi connectivity index (χ3v) is 5.48. The third kappa shape index (κ3) is 9.35. The van der Waals surface area contributed by atoms with Crippen molar-refractivity contribution in [3.8, 4) is 5.75 Å². The van der Waals surface area contributed by atoms with Crippen LogP contribution in [0.2, 0.25) is 0 Å². The molecular formula is C24H42N4O2. The van der Waals surface area contributed by atoms with Gasteiger partial charge in [0.15, 0.2) is 5.96 Å². The van der Waals surface area contributed by atoms with E-state index < -0.39 is 0 Å². The van der Waals surface area contributed by atoms with Gasteiger partial charge >= 0.3 is 0 Å². The summed E-state index contributed by atoms with van der Waals surface area (Å²) in [6.07, 6.45) is 6.25. The molecule has 1 fully saturated rings. The van der Waals surface area contributed by atoms with Crippen molar-refractivity contribution in [3.05, 3.63) is 29.3 Å². The second-order valence-corrected chi connectivity index (χ2v) is 8.22. The summed E-state index contributed by atoms with van der Waals surface area (Å²) in [6, 6.07) is 6.37. The number of piperidine rings is 1. The SMILES string of the molecule is CCCCCOc1cc(C)ccc1CN=C(NCC)NCCCN1CCC(O)CC1. The summed E-state index contributed by atoms with van der Waals surface area (Å²) in [7, 11) is 0. The first kappa shape index (κ1) is 24.5.